The third-order valence-electron chi connectivity index (χ3n) is 2.91. The van der Waals surface area contributed by atoms with Crippen LogP contribution < -0.4 is 14.8 Å². The SMILES string of the molecule is COc1ccccc1OCC(=O)NCc1cc(F)ccc1F. The van der Waals surface area contributed by atoms with E-state index in [1.54, 1.807) is 24.3 Å². The number of methoxy groups -OCH3 is 1. The molecule has 4 nitrogen and oxygen atoms in total. The summed E-state index contributed by atoms with van der Waals surface area (Å²) < 4.78 is 36.8. The molecule has 1 N–H and O–H groups in total. The molecule has 0 aliphatic carbocycles. The number of halogens is 2. The fourth-order valence-corrected chi connectivity index (χ4v) is 1.80. The smallest absolute Gasteiger partial charge is 0.258 e. The number of amides is 1. The quantitative estimate of drug-likeness (QED) is 0.892. The van der Waals surface area contributed by atoms with Gasteiger partial charge in [0.15, 0.2) is 18.1 Å². The molecule has 2 aromatic carbocycles. The molecular weight excluding hydrogens is 292 g/mol. The van der Waals surface area contributed by atoms with Gasteiger partial charge < -0.3 is 14.8 Å². The normalized spacial score (nSPS) is 10.1. The average molecular weight is 307 g/mol. The lowest BCUT2D eigenvalue weighted by atomic mass is 10.2. The van der Waals surface area contributed by atoms with E-state index in [4.69, 9.17) is 9.47 Å². The van der Waals surface area contributed by atoms with Gasteiger partial charge in [0.25, 0.3) is 5.91 Å². The maximum Gasteiger partial charge on any atom is 0.258 e. The zero-order valence-electron chi connectivity index (χ0n) is 11.9. The summed E-state index contributed by atoms with van der Waals surface area (Å²) in [5.74, 6) is -0.651. The average Bonchev–Trinajstić information content (AvgIpc) is 2.54. The van der Waals surface area contributed by atoms with Crippen LogP contribution in [-0.4, -0.2) is 19.6 Å². The molecule has 0 heterocycles. The Morgan fingerprint density at radius 3 is 2.59 bits per heavy atom. The molecule has 2 aromatic rings. The zero-order chi connectivity index (χ0) is 15.9. The van der Waals surface area contributed by atoms with Crippen molar-refractivity contribution in [1.82, 2.24) is 5.32 Å². The van der Waals surface area contributed by atoms with E-state index in [0.717, 1.165) is 18.2 Å². The second kappa shape index (κ2) is 7.40. The number of benzene rings is 2. The third-order valence-corrected chi connectivity index (χ3v) is 2.91. The van der Waals surface area contributed by atoms with Gasteiger partial charge in [0, 0.05) is 12.1 Å². The summed E-state index contributed by atoms with van der Waals surface area (Å²) in [6.07, 6.45) is 0. The zero-order valence-corrected chi connectivity index (χ0v) is 11.9. The minimum Gasteiger partial charge on any atom is -0.493 e. The number of hydrogen-bond acceptors (Lipinski definition) is 3. The van der Waals surface area contributed by atoms with Crippen molar-refractivity contribution < 1.29 is 23.0 Å². The number of carbonyl (C=O) groups excluding carboxylic acids is 1. The molecule has 6 heteroatoms. The number of hydrogen-bond donors (Lipinski definition) is 1. The van der Waals surface area contributed by atoms with Gasteiger partial charge in [-0.05, 0) is 30.3 Å². The Balaban J connectivity index is 1.87. The molecule has 0 bridgehead atoms. The van der Waals surface area contributed by atoms with Gasteiger partial charge in [0.05, 0.1) is 7.11 Å². The first-order chi connectivity index (χ1) is 10.6. The highest BCUT2D eigenvalue weighted by Crippen LogP contribution is 2.25. The largest absolute Gasteiger partial charge is 0.493 e. The Labute approximate surface area is 126 Å². The van der Waals surface area contributed by atoms with E-state index in [1.165, 1.54) is 7.11 Å². The molecular formula is C16H15F2NO3. The van der Waals surface area contributed by atoms with Crippen molar-refractivity contribution in [2.24, 2.45) is 0 Å². The molecule has 0 spiro atoms. The molecule has 0 radical (unpaired) electrons. The minimum absolute atomic E-state index is 0.0747. The Kier molecular flexibility index (Phi) is 5.30. The summed E-state index contributed by atoms with van der Waals surface area (Å²) in [4.78, 5) is 11.7. The molecule has 0 aromatic heterocycles. The summed E-state index contributed by atoms with van der Waals surface area (Å²) in [5, 5.41) is 2.46. The van der Waals surface area contributed by atoms with Crippen LogP contribution in [0.1, 0.15) is 5.56 Å². The number of rotatable bonds is 6. The van der Waals surface area contributed by atoms with Crippen LogP contribution in [0.3, 0.4) is 0 Å². The van der Waals surface area contributed by atoms with Crippen molar-refractivity contribution in [3.63, 3.8) is 0 Å². The molecule has 0 fully saturated rings. The van der Waals surface area contributed by atoms with Crippen molar-refractivity contribution in [3.8, 4) is 11.5 Å². The standard InChI is InChI=1S/C16H15F2NO3/c1-21-14-4-2-3-5-15(14)22-10-16(20)19-9-11-8-12(17)6-7-13(11)18/h2-8H,9-10H2,1H3,(H,19,20). The van der Waals surface area contributed by atoms with E-state index >= 15 is 0 Å². The highest BCUT2D eigenvalue weighted by atomic mass is 19.1. The summed E-state index contributed by atoms with van der Waals surface area (Å²) in [6.45, 7) is -0.366. The lowest BCUT2D eigenvalue weighted by Gasteiger charge is -2.10. The fourth-order valence-electron chi connectivity index (χ4n) is 1.80. The lowest BCUT2D eigenvalue weighted by molar-refractivity contribution is -0.123. The van der Waals surface area contributed by atoms with Gasteiger partial charge in [0.2, 0.25) is 0 Å². The highest BCUT2D eigenvalue weighted by molar-refractivity contribution is 5.77. The molecule has 0 unspecified atom stereocenters. The molecule has 0 atom stereocenters. The van der Waals surface area contributed by atoms with Crippen LogP contribution in [0.5, 0.6) is 11.5 Å². The molecule has 0 saturated heterocycles. The topological polar surface area (TPSA) is 47.6 Å². The Morgan fingerprint density at radius 2 is 1.86 bits per heavy atom. The number of nitrogens with one attached hydrogen (secondary N) is 1. The maximum atomic E-state index is 13.4. The minimum atomic E-state index is -0.577. The monoisotopic (exact) mass is 307 g/mol. The summed E-state index contributed by atoms with van der Waals surface area (Å²) in [7, 11) is 1.50. The van der Waals surface area contributed by atoms with Crippen LogP contribution in [0.15, 0.2) is 42.5 Å². The van der Waals surface area contributed by atoms with Crippen molar-refractivity contribution in [2.75, 3.05) is 13.7 Å². The highest BCUT2D eigenvalue weighted by Gasteiger charge is 2.09. The van der Waals surface area contributed by atoms with E-state index in [-0.39, 0.29) is 18.7 Å². The Hall–Kier alpha value is -2.63. The first-order valence-corrected chi connectivity index (χ1v) is 6.56. The summed E-state index contributed by atoms with van der Waals surface area (Å²) >= 11 is 0. The predicted molar refractivity (Wildman–Crippen MR) is 76.7 cm³/mol. The first kappa shape index (κ1) is 15.8. The van der Waals surface area contributed by atoms with Gasteiger partial charge in [-0.25, -0.2) is 8.78 Å². The Bertz CT molecular complexity index is 662. The maximum absolute atomic E-state index is 13.4. The second-order valence-corrected chi connectivity index (χ2v) is 4.45. The summed E-state index contributed by atoms with van der Waals surface area (Å²) in [6, 6.07) is 9.97. The van der Waals surface area contributed by atoms with Crippen LogP contribution in [0.25, 0.3) is 0 Å². The van der Waals surface area contributed by atoms with Gasteiger partial charge in [-0.3, -0.25) is 4.79 Å². The van der Waals surface area contributed by atoms with E-state index in [9.17, 15) is 13.6 Å². The van der Waals surface area contributed by atoms with Crippen LogP contribution >= 0.6 is 0 Å². The van der Waals surface area contributed by atoms with E-state index in [1.807, 2.05) is 0 Å². The molecule has 22 heavy (non-hydrogen) atoms. The van der Waals surface area contributed by atoms with Gasteiger partial charge in [0.1, 0.15) is 11.6 Å². The Morgan fingerprint density at radius 1 is 1.14 bits per heavy atom. The van der Waals surface area contributed by atoms with Crippen molar-refractivity contribution in [1.29, 1.82) is 0 Å². The van der Waals surface area contributed by atoms with Gasteiger partial charge >= 0.3 is 0 Å². The predicted octanol–water partition coefficient (Wildman–Crippen LogP) is 2.67. The van der Waals surface area contributed by atoms with E-state index in [0.29, 0.717) is 11.5 Å². The van der Waals surface area contributed by atoms with Crippen molar-refractivity contribution >= 4 is 5.91 Å². The molecule has 2 rings (SSSR count). The first-order valence-electron chi connectivity index (χ1n) is 6.56. The van der Waals surface area contributed by atoms with Crippen LogP contribution in [0, 0.1) is 11.6 Å². The van der Waals surface area contributed by atoms with Crippen LogP contribution in [-0.2, 0) is 11.3 Å². The number of carbonyl (C=O) groups is 1. The van der Waals surface area contributed by atoms with Crippen molar-refractivity contribution in [3.05, 3.63) is 59.7 Å². The number of ether oxygens (including phenoxy) is 2. The molecule has 0 saturated carbocycles. The third kappa shape index (κ3) is 4.18. The molecule has 116 valence electrons. The molecule has 1 amide bonds. The second-order valence-electron chi connectivity index (χ2n) is 4.45. The van der Waals surface area contributed by atoms with Gasteiger partial charge in [-0.1, -0.05) is 12.1 Å². The molecule has 0 aliphatic heterocycles. The van der Waals surface area contributed by atoms with Crippen LogP contribution in [0.2, 0.25) is 0 Å². The van der Waals surface area contributed by atoms with Crippen molar-refractivity contribution in [2.45, 2.75) is 6.54 Å². The molecule has 0 aliphatic rings. The van der Waals surface area contributed by atoms with Crippen LogP contribution in [0.4, 0.5) is 8.78 Å². The fraction of sp³-hybridized carbons (Fsp3) is 0.188. The van der Waals surface area contributed by atoms with E-state index < -0.39 is 17.5 Å². The van der Waals surface area contributed by atoms with Gasteiger partial charge in [-0.2, -0.15) is 0 Å². The van der Waals surface area contributed by atoms with E-state index in [2.05, 4.69) is 5.32 Å². The number of para-hydroxylation sites is 2. The lowest BCUT2D eigenvalue weighted by Crippen LogP contribution is -2.28. The summed E-state index contributed by atoms with van der Waals surface area (Å²) in [5.41, 5.74) is 0.0747. The van der Waals surface area contributed by atoms with Gasteiger partial charge in [-0.15, -0.1) is 0 Å².